The van der Waals surface area contributed by atoms with Crippen LogP contribution in [-0.2, 0) is 7.05 Å². The Morgan fingerprint density at radius 2 is 1.64 bits per heavy atom. The summed E-state index contributed by atoms with van der Waals surface area (Å²) in [5.74, 6) is 1.52. The fraction of sp³-hybridized carbons (Fsp3) is 0.441. The average molecular weight is 597 g/mol. The molecular formula is C34H44N8O2. The van der Waals surface area contributed by atoms with Crippen molar-refractivity contribution in [1.29, 1.82) is 0 Å². The lowest BCUT2D eigenvalue weighted by atomic mass is 10.0. The molecule has 2 fully saturated rings. The highest BCUT2D eigenvalue weighted by Crippen LogP contribution is 2.34. The molecule has 0 spiro atoms. The van der Waals surface area contributed by atoms with Crippen molar-refractivity contribution in [2.24, 2.45) is 7.05 Å². The molecule has 232 valence electrons. The van der Waals surface area contributed by atoms with E-state index in [0.29, 0.717) is 6.04 Å². The molecule has 2 saturated heterocycles. The van der Waals surface area contributed by atoms with Crippen LogP contribution in [0.2, 0.25) is 0 Å². The van der Waals surface area contributed by atoms with Crippen molar-refractivity contribution in [3.63, 3.8) is 0 Å². The third kappa shape index (κ3) is 6.66. The van der Waals surface area contributed by atoms with Gasteiger partial charge in [0.25, 0.3) is 0 Å². The lowest BCUT2D eigenvalue weighted by Crippen LogP contribution is -2.53. The van der Waals surface area contributed by atoms with Gasteiger partial charge in [0.2, 0.25) is 0 Å². The molecule has 0 unspecified atom stereocenters. The SMILES string of the molecule is C=C(C)N1CCC(N2CCN(CCN(c3cc(OC)cc(OC)c3)c3ccc4ncc(-c5cnn(C)c5)nc4c3)CC2)CC1. The van der Waals surface area contributed by atoms with Crippen LogP contribution in [0.1, 0.15) is 19.8 Å². The molecule has 44 heavy (non-hydrogen) atoms. The van der Waals surface area contributed by atoms with E-state index in [9.17, 15) is 0 Å². The van der Waals surface area contributed by atoms with Crippen molar-refractivity contribution < 1.29 is 9.47 Å². The summed E-state index contributed by atoms with van der Waals surface area (Å²) in [7, 11) is 5.29. The minimum absolute atomic E-state index is 0.684. The summed E-state index contributed by atoms with van der Waals surface area (Å²) in [6, 6.07) is 13.0. The number of anilines is 2. The minimum atomic E-state index is 0.684. The van der Waals surface area contributed by atoms with E-state index >= 15 is 0 Å². The second-order valence-corrected chi connectivity index (χ2v) is 11.9. The zero-order valence-corrected chi connectivity index (χ0v) is 26.4. The number of hydrogen-bond donors (Lipinski definition) is 0. The van der Waals surface area contributed by atoms with Gasteiger partial charge in [-0.05, 0) is 38.0 Å². The molecule has 2 aliphatic rings. The lowest BCUT2D eigenvalue weighted by molar-refractivity contribution is 0.0673. The summed E-state index contributed by atoms with van der Waals surface area (Å²) in [5.41, 5.74) is 6.71. The molecule has 10 heteroatoms. The first-order chi connectivity index (χ1) is 21.4. The Morgan fingerprint density at radius 1 is 0.909 bits per heavy atom. The summed E-state index contributed by atoms with van der Waals surface area (Å²) >= 11 is 0. The first-order valence-corrected chi connectivity index (χ1v) is 15.5. The van der Waals surface area contributed by atoms with Gasteiger partial charge in [-0.3, -0.25) is 19.5 Å². The van der Waals surface area contributed by atoms with Crippen LogP contribution in [0, 0.1) is 0 Å². The largest absolute Gasteiger partial charge is 0.497 e. The predicted octanol–water partition coefficient (Wildman–Crippen LogP) is 4.80. The Morgan fingerprint density at radius 3 is 2.27 bits per heavy atom. The zero-order chi connectivity index (χ0) is 30.6. The second kappa shape index (κ2) is 13.2. The van der Waals surface area contributed by atoms with E-state index in [1.165, 1.54) is 18.5 Å². The summed E-state index contributed by atoms with van der Waals surface area (Å²) in [5, 5.41) is 4.30. The molecule has 6 rings (SSSR count). The topological polar surface area (TPSA) is 75.0 Å². The highest BCUT2D eigenvalue weighted by atomic mass is 16.5. The number of methoxy groups -OCH3 is 2. The van der Waals surface area contributed by atoms with Crippen molar-refractivity contribution in [2.45, 2.75) is 25.8 Å². The number of ether oxygens (including phenoxy) is 2. The Hall–Kier alpha value is -4.15. The number of nitrogens with zero attached hydrogens (tertiary/aromatic N) is 8. The molecule has 0 atom stereocenters. The first kappa shape index (κ1) is 29.9. The van der Waals surface area contributed by atoms with Gasteiger partial charge in [0.15, 0.2) is 0 Å². The monoisotopic (exact) mass is 596 g/mol. The molecule has 0 radical (unpaired) electrons. The Kier molecular flexibility index (Phi) is 8.99. The smallest absolute Gasteiger partial charge is 0.124 e. The maximum absolute atomic E-state index is 5.64. The normalized spacial score (nSPS) is 16.8. The van der Waals surface area contributed by atoms with E-state index in [1.807, 2.05) is 37.8 Å². The van der Waals surface area contributed by atoms with Crippen LogP contribution in [0.4, 0.5) is 11.4 Å². The van der Waals surface area contributed by atoms with Crippen LogP contribution >= 0.6 is 0 Å². The average Bonchev–Trinajstić information content (AvgIpc) is 3.50. The van der Waals surface area contributed by atoms with Crippen LogP contribution in [-0.4, -0.2) is 107 Å². The van der Waals surface area contributed by atoms with Gasteiger partial charge < -0.3 is 19.3 Å². The lowest BCUT2D eigenvalue weighted by Gasteiger charge is -2.43. The molecule has 0 bridgehead atoms. The fourth-order valence-corrected chi connectivity index (χ4v) is 6.42. The highest BCUT2D eigenvalue weighted by Gasteiger charge is 2.27. The van der Waals surface area contributed by atoms with Crippen LogP contribution in [0.25, 0.3) is 22.3 Å². The Labute approximate surface area is 260 Å². The van der Waals surface area contributed by atoms with Crippen LogP contribution in [0.5, 0.6) is 11.5 Å². The van der Waals surface area contributed by atoms with Gasteiger partial charge in [-0.15, -0.1) is 0 Å². The maximum atomic E-state index is 5.64. The fourth-order valence-electron chi connectivity index (χ4n) is 6.42. The number of allylic oxidation sites excluding steroid dienone is 1. The van der Waals surface area contributed by atoms with Gasteiger partial charge in [0.05, 0.1) is 43.3 Å². The van der Waals surface area contributed by atoms with Gasteiger partial charge in [0.1, 0.15) is 11.5 Å². The number of hydrogen-bond acceptors (Lipinski definition) is 9. The third-order valence-electron chi connectivity index (χ3n) is 9.05. The Bertz CT molecular complexity index is 1570. The molecule has 0 saturated carbocycles. The molecule has 0 N–H and O–H groups in total. The number of piperidine rings is 1. The molecule has 0 amide bonds. The van der Waals surface area contributed by atoms with Crippen molar-refractivity contribution in [1.82, 2.24) is 34.4 Å². The maximum Gasteiger partial charge on any atom is 0.124 e. The van der Waals surface area contributed by atoms with Crippen molar-refractivity contribution in [3.05, 3.63) is 67.3 Å². The van der Waals surface area contributed by atoms with Gasteiger partial charge in [-0.2, -0.15) is 5.10 Å². The molecule has 10 nitrogen and oxygen atoms in total. The summed E-state index contributed by atoms with van der Waals surface area (Å²) in [6.07, 6.45) is 8.04. The van der Waals surface area contributed by atoms with E-state index in [-0.39, 0.29) is 0 Å². The van der Waals surface area contributed by atoms with Crippen LogP contribution in [0.15, 0.2) is 67.3 Å². The van der Waals surface area contributed by atoms with E-state index in [4.69, 9.17) is 19.4 Å². The van der Waals surface area contributed by atoms with Gasteiger partial charge >= 0.3 is 0 Å². The molecule has 4 aromatic rings. The van der Waals surface area contributed by atoms with E-state index in [0.717, 1.165) is 97.5 Å². The molecule has 2 aromatic heterocycles. The standard InChI is InChI=1S/C34H44N8O2/c1-25(2)40-10-8-27(9-11-40)41-15-12-39(13-16-41)14-17-42(29-18-30(43-4)21-31(19-29)44-5)28-6-7-32-33(20-28)37-34(23-35-32)26-22-36-38(3)24-26/h6-7,18-24,27H,1,8-17H2,2-5H3. The summed E-state index contributed by atoms with van der Waals surface area (Å²) in [4.78, 5) is 19.7. The summed E-state index contributed by atoms with van der Waals surface area (Å²) < 4.78 is 13.1. The van der Waals surface area contributed by atoms with E-state index in [1.54, 1.807) is 18.9 Å². The van der Waals surface area contributed by atoms with Crippen LogP contribution in [0.3, 0.4) is 0 Å². The molecule has 0 aliphatic carbocycles. The quantitative estimate of drug-likeness (QED) is 0.257. The molecule has 2 aromatic carbocycles. The second-order valence-electron chi connectivity index (χ2n) is 11.9. The number of aromatic nitrogens is 4. The number of rotatable bonds is 10. The third-order valence-corrected chi connectivity index (χ3v) is 9.05. The van der Waals surface area contributed by atoms with Crippen molar-refractivity contribution in [3.8, 4) is 22.8 Å². The number of piperazine rings is 1. The van der Waals surface area contributed by atoms with E-state index in [2.05, 4.69) is 62.5 Å². The Balaban J connectivity index is 1.20. The molecular weight excluding hydrogens is 552 g/mol. The minimum Gasteiger partial charge on any atom is -0.497 e. The molecule has 4 heterocycles. The van der Waals surface area contributed by atoms with E-state index < -0.39 is 0 Å². The summed E-state index contributed by atoms with van der Waals surface area (Å²) in [6.45, 7) is 14.7. The van der Waals surface area contributed by atoms with Crippen molar-refractivity contribution in [2.75, 3.05) is 71.5 Å². The predicted molar refractivity (Wildman–Crippen MR) is 176 cm³/mol. The van der Waals surface area contributed by atoms with Gasteiger partial charge in [-0.25, -0.2) is 4.98 Å². The number of fused-ring (bicyclic) bond motifs is 1. The number of likely N-dealkylation sites (tertiary alicyclic amines) is 1. The number of aryl methyl sites for hydroxylation is 1. The van der Waals surface area contributed by atoms with Crippen molar-refractivity contribution >= 4 is 22.4 Å². The zero-order valence-electron chi connectivity index (χ0n) is 26.4. The van der Waals surface area contributed by atoms with Crippen LogP contribution < -0.4 is 14.4 Å². The first-order valence-electron chi connectivity index (χ1n) is 15.5. The molecule has 2 aliphatic heterocycles. The van der Waals surface area contributed by atoms with Gasteiger partial charge in [0, 0.05) is 112 Å². The highest BCUT2D eigenvalue weighted by molar-refractivity contribution is 5.82. The number of benzene rings is 2. The van der Waals surface area contributed by atoms with Gasteiger partial charge in [-0.1, -0.05) is 6.58 Å².